The zero-order valence-electron chi connectivity index (χ0n) is 11.1. The molecule has 1 unspecified atom stereocenters. The van der Waals surface area contributed by atoms with Gasteiger partial charge in [-0.05, 0) is 31.5 Å². The maximum absolute atomic E-state index is 5.39. The minimum atomic E-state index is 0.240. The molecule has 0 saturated heterocycles. The lowest BCUT2D eigenvalue weighted by molar-refractivity contribution is 0.174. The summed E-state index contributed by atoms with van der Waals surface area (Å²) in [7, 11) is 0. The Bertz CT molecular complexity index is 580. The van der Waals surface area contributed by atoms with Crippen LogP contribution in [0.15, 0.2) is 24.4 Å². The number of nitrogens with zero attached hydrogens (tertiary/aromatic N) is 1. The summed E-state index contributed by atoms with van der Waals surface area (Å²) in [5.74, 6) is 1.65. The lowest BCUT2D eigenvalue weighted by Gasteiger charge is -2.14. The number of rotatable bonds is 4. The number of ether oxygens (including phenoxy) is 2. The number of nitrogens with one attached hydrogen (secondary N) is 2. The van der Waals surface area contributed by atoms with E-state index in [2.05, 4.69) is 28.5 Å². The number of hydrogen-bond acceptors (Lipinski definition) is 4. The molecule has 0 radical (unpaired) electrons. The number of benzene rings is 1. The first-order valence-corrected chi connectivity index (χ1v) is 6.36. The Labute approximate surface area is 111 Å². The summed E-state index contributed by atoms with van der Waals surface area (Å²) in [6.45, 7) is 5.26. The standard InChI is InChI=1S/C14H17N3O2/c1-9(15-6-12-7-16-17-10(12)2)11-3-4-13-14(5-11)19-8-18-13/h3-5,7,9,15H,6,8H2,1-2H3,(H,16,17). The average molecular weight is 259 g/mol. The van der Waals surface area contributed by atoms with E-state index in [9.17, 15) is 0 Å². The number of aryl methyl sites for hydroxylation is 1. The summed E-state index contributed by atoms with van der Waals surface area (Å²) in [5.41, 5.74) is 3.48. The molecule has 1 aromatic carbocycles. The van der Waals surface area contributed by atoms with Gasteiger partial charge in [0, 0.05) is 23.8 Å². The maximum atomic E-state index is 5.39. The van der Waals surface area contributed by atoms with Gasteiger partial charge < -0.3 is 14.8 Å². The van der Waals surface area contributed by atoms with Gasteiger partial charge in [0.1, 0.15) is 0 Å². The summed E-state index contributed by atoms with van der Waals surface area (Å²) in [6.07, 6.45) is 1.86. The highest BCUT2D eigenvalue weighted by Crippen LogP contribution is 2.34. The Morgan fingerprint density at radius 2 is 2.21 bits per heavy atom. The van der Waals surface area contributed by atoms with Crippen LogP contribution in [0.2, 0.25) is 0 Å². The van der Waals surface area contributed by atoms with Crippen LogP contribution in [-0.2, 0) is 6.54 Å². The second-order valence-electron chi connectivity index (χ2n) is 4.74. The molecule has 100 valence electrons. The number of aromatic amines is 1. The Kier molecular flexibility index (Phi) is 3.13. The van der Waals surface area contributed by atoms with Gasteiger partial charge in [0.05, 0.1) is 6.20 Å². The van der Waals surface area contributed by atoms with Gasteiger partial charge in [-0.15, -0.1) is 0 Å². The third-order valence-corrected chi connectivity index (χ3v) is 3.43. The molecule has 2 aromatic rings. The van der Waals surface area contributed by atoms with E-state index in [-0.39, 0.29) is 6.04 Å². The van der Waals surface area contributed by atoms with Gasteiger partial charge in [0.2, 0.25) is 6.79 Å². The lowest BCUT2D eigenvalue weighted by atomic mass is 10.1. The third-order valence-electron chi connectivity index (χ3n) is 3.43. The van der Waals surface area contributed by atoms with Crippen molar-refractivity contribution in [2.75, 3.05) is 6.79 Å². The first-order valence-electron chi connectivity index (χ1n) is 6.36. The molecule has 5 heteroatoms. The molecule has 1 aliphatic rings. The third kappa shape index (κ3) is 2.42. The number of aromatic nitrogens is 2. The van der Waals surface area contributed by atoms with Crippen molar-refractivity contribution in [3.05, 3.63) is 41.2 Å². The van der Waals surface area contributed by atoms with Crippen LogP contribution < -0.4 is 14.8 Å². The molecule has 1 aliphatic heterocycles. The highest BCUT2D eigenvalue weighted by molar-refractivity contribution is 5.45. The first-order chi connectivity index (χ1) is 9.24. The molecule has 2 heterocycles. The highest BCUT2D eigenvalue weighted by Gasteiger charge is 2.15. The van der Waals surface area contributed by atoms with E-state index in [0.29, 0.717) is 6.79 Å². The summed E-state index contributed by atoms with van der Waals surface area (Å²) in [4.78, 5) is 0. The number of H-pyrrole nitrogens is 1. The summed E-state index contributed by atoms with van der Waals surface area (Å²) >= 11 is 0. The Balaban J connectivity index is 1.67. The van der Waals surface area contributed by atoms with Crippen molar-refractivity contribution in [1.82, 2.24) is 15.5 Å². The van der Waals surface area contributed by atoms with Crippen molar-refractivity contribution in [2.45, 2.75) is 26.4 Å². The van der Waals surface area contributed by atoms with Crippen molar-refractivity contribution < 1.29 is 9.47 Å². The van der Waals surface area contributed by atoms with Gasteiger partial charge in [-0.3, -0.25) is 5.10 Å². The van der Waals surface area contributed by atoms with E-state index >= 15 is 0 Å². The highest BCUT2D eigenvalue weighted by atomic mass is 16.7. The molecule has 0 amide bonds. The van der Waals surface area contributed by atoms with Crippen molar-refractivity contribution in [3.63, 3.8) is 0 Å². The lowest BCUT2D eigenvalue weighted by Crippen LogP contribution is -2.18. The molecular weight excluding hydrogens is 242 g/mol. The fourth-order valence-electron chi connectivity index (χ4n) is 2.12. The van der Waals surface area contributed by atoms with Crippen LogP contribution in [0.4, 0.5) is 0 Å². The van der Waals surface area contributed by atoms with Crippen LogP contribution in [0.3, 0.4) is 0 Å². The van der Waals surface area contributed by atoms with Gasteiger partial charge in [-0.2, -0.15) is 5.10 Å². The SMILES string of the molecule is Cc1[nH]ncc1CNC(C)c1ccc2c(c1)OCO2. The Morgan fingerprint density at radius 1 is 1.37 bits per heavy atom. The zero-order valence-corrected chi connectivity index (χ0v) is 11.1. The minimum absolute atomic E-state index is 0.240. The van der Waals surface area contributed by atoms with Crippen LogP contribution >= 0.6 is 0 Å². The molecular formula is C14H17N3O2. The second kappa shape index (κ2) is 4.93. The normalized spacial score (nSPS) is 14.6. The van der Waals surface area contributed by atoms with Crippen molar-refractivity contribution in [1.29, 1.82) is 0 Å². The fourth-order valence-corrected chi connectivity index (χ4v) is 2.12. The van der Waals surface area contributed by atoms with Gasteiger partial charge in [0.25, 0.3) is 0 Å². The molecule has 1 aromatic heterocycles. The molecule has 0 fully saturated rings. The van der Waals surface area contributed by atoms with Crippen LogP contribution in [0.1, 0.15) is 29.8 Å². The van der Waals surface area contributed by atoms with E-state index in [4.69, 9.17) is 9.47 Å². The van der Waals surface area contributed by atoms with E-state index in [1.165, 1.54) is 11.1 Å². The minimum Gasteiger partial charge on any atom is -0.454 e. The predicted molar refractivity (Wildman–Crippen MR) is 71.1 cm³/mol. The van der Waals surface area contributed by atoms with Crippen molar-refractivity contribution >= 4 is 0 Å². The zero-order chi connectivity index (χ0) is 13.2. The molecule has 0 aliphatic carbocycles. The molecule has 19 heavy (non-hydrogen) atoms. The number of hydrogen-bond donors (Lipinski definition) is 2. The van der Waals surface area contributed by atoms with E-state index in [1.54, 1.807) is 0 Å². The van der Waals surface area contributed by atoms with E-state index < -0.39 is 0 Å². The van der Waals surface area contributed by atoms with Gasteiger partial charge in [-0.1, -0.05) is 6.07 Å². The molecule has 0 bridgehead atoms. The second-order valence-corrected chi connectivity index (χ2v) is 4.74. The van der Waals surface area contributed by atoms with Crippen LogP contribution in [0.5, 0.6) is 11.5 Å². The van der Waals surface area contributed by atoms with Gasteiger partial charge in [0.15, 0.2) is 11.5 Å². The van der Waals surface area contributed by atoms with E-state index in [1.807, 2.05) is 25.3 Å². The quantitative estimate of drug-likeness (QED) is 0.884. The molecule has 5 nitrogen and oxygen atoms in total. The van der Waals surface area contributed by atoms with Gasteiger partial charge in [-0.25, -0.2) is 0 Å². The fraction of sp³-hybridized carbons (Fsp3) is 0.357. The summed E-state index contributed by atoms with van der Waals surface area (Å²) in [6, 6.07) is 6.29. The molecule has 2 N–H and O–H groups in total. The van der Waals surface area contributed by atoms with Crippen molar-refractivity contribution in [3.8, 4) is 11.5 Å². The molecule has 3 rings (SSSR count). The van der Waals surface area contributed by atoms with Gasteiger partial charge >= 0.3 is 0 Å². The molecule has 1 atom stereocenters. The molecule has 0 saturated carbocycles. The van der Waals surface area contributed by atoms with Crippen LogP contribution in [0, 0.1) is 6.92 Å². The van der Waals surface area contributed by atoms with Crippen molar-refractivity contribution in [2.24, 2.45) is 0 Å². The van der Waals surface area contributed by atoms with Crippen LogP contribution in [0.25, 0.3) is 0 Å². The Morgan fingerprint density at radius 3 is 3.00 bits per heavy atom. The predicted octanol–water partition coefficient (Wildman–Crippen LogP) is 2.30. The first kappa shape index (κ1) is 12.0. The molecule has 0 spiro atoms. The van der Waals surface area contributed by atoms with Crippen LogP contribution in [-0.4, -0.2) is 17.0 Å². The monoisotopic (exact) mass is 259 g/mol. The van der Waals surface area contributed by atoms with E-state index in [0.717, 1.165) is 23.7 Å². The largest absolute Gasteiger partial charge is 0.454 e. The summed E-state index contributed by atoms with van der Waals surface area (Å²) < 4.78 is 10.7. The average Bonchev–Trinajstić information content (AvgIpc) is 3.03. The maximum Gasteiger partial charge on any atom is 0.231 e. The number of fused-ring (bicyclic) bond motifs is 1. The summed E-state index contributed by atoms with van der Waals surface area (Å²) in [5, 5.41) is 10.4. The topological polar surface area (TPSA) is 59.2 Å². The smallest absolute Gasteiger partial charge is 0.231 e. The Hall–Kier alpha value is -2.01.